The molecule has 2 aromatic rings. The van der Waals surface area contributed by atoms with Gasteiger partial charge in [-0.2, -0.15) is 5.10 Å². The molecule has 0 saturated heterocycles. The zero-order valence-corrected chi connectivity index (χ0v) is 10.1. The Bertz CT molecular complexity index is 476. The SMILES string of the molecule is CC(C)(ON)c1cnn(Cc2ccccc2)c1. The molecule has 0 radical (unpaired) electrons. The number of nitrogens with zero attached hydrogens (tertiary/aromatic N) is 2. The van der Waals surface area contributed by atoms with Gasteiger partial charge in [0.2, 0.25) is 0 Å². The van der Waals surface area contributed by atoms with Crippen LogP contribution in [0.15, 0.2) is 42.7 Å². The van der Waals surface area contributed by atoms with Gasteiger partial charge in [0.25, 0.3) is 0 Å². The molecular formula is C13H17N3O. The molecule has 0 aliphatic rings. The van der Waals surface area contributed by atoms with Crippen LogP contribution in [0.1, 0.15) is 25.0 Å². The van der Waals surface area contributed by atoms with Gasteiger partial charge in [0, 0.05) is 11.8 Å². The fraction of sp³-hybridized carbons (Fsp3) is 0.308. The molecule has 0 fully saturated rings. The van der Waals surface area contributed by atoms with Gasteiger partial charge >= 0.3 is 0 Å². The highest BCUT2D eigenvalue weighted by atomic mass is 16.6. The van der Waals surface area contributed by atoms with Crippen molar-refractivity contribution >= 4 is 0 Å². The van der Waals surface area contributed by atoms with Crippen molar-refractivity contribution in [2.24, 2.45) is 5.90 Å². The van der Waals surface area contributed by atoms with Crippen molar-refractivity contribution < 1.29 is 4.84 Å². The maximum atomic E-state index is 5.26. The van der Waals surface area contributed by atoms with Gasteiger partial charge in [-0.05, 0) is 19.4 Å². The Hall–Kier alpha value is -1.65. The Morgan fingerprint density at radius 3 is 2.65 bits per heavy atom. The van der Waals surface area contributed by atoms with Crippen LogP contribution in [0.5, 0.6) is 0 Å². The third-order valence-corrected chi connectivity index (χ3v) is 2.81. The van der Waals surface area contributed by atoms with E-state index in [2.05, 4.69) is 17.2 Å². The summed E-state index contributed by atoms with van der Waals surface area (Å²) < 4.78 is 1.88. The maximum Gasteiger partial charge on any atom is 0.112 e. The molecular weight excluding hydrogens is 214 g/mol. The van der Waals surface area contributed by atoms with Gasteiger partial charge in [-0.25, -0.2) is 5.90 Å². The predicted octanol–water partition coefficient (Wildman–Crippen LogP) is 2.06. The summed E-state index contributed by atoms with van der Waals surface area (Å²) in [4.78, 5) is 4.93. The summed E-state index contributed by atoms with van der Waals surface area (Å²) in [5, 5.41) is 4.31. The molecule has 1 heterocycles. The third kappa shape index (κ3) is 2.72. The fourth-order valence-corrected chi connectivity index (χ4v) is 1.60. The second kappa shape index (κ2) is 4.69. The highest BCUT2D eigenvalue weighted by Gasteiger charge is 2.22. The first-order chi connectivity index (χ1) is 8.12. The van der Waals surface area contributed by atoms with E-state index in [-0.39, 0.29) is 0 Å². The van der Waals surface area contributed by atoms with Gasteiger partial charge in [0.05, 0.1) is 12.7 Å². The molecule has 0 amide bonds. The summed E-state index contributed by atoms with van der Waals surface area (Å²) in [7, 11) is 0. The van der Waals surface area contributed by atoms with E-state index in [1.165, 1.54) is 5.56 Å². The highest BCUT2D eigenvalue weighted by Crippen LogP contribution is 2.21. The fourth-order valence-electron chi connectivity index (χ4n) is 1.60. The number of nitrogens with two attached hydrogens (primary N) is 1. The highest BCUT2D eigenvalue weighted by molar-refractivity contribution is 5.17. The van der Waals surface area contributed by atoms with Gasteiger partial charge < -0.3 is 0 Å². The number of hydrogen-bond acceptors (Lipinski definition) is 3. The molecule has 17 heavy (non-hydrogen) atoms. The van der Waals surface area contributed by atoms with Gasteiger partial charge in [-0.1, -0.05) is 30.3 Å². The molecule has 4 heteroatoms. The summed E-state index contributed by atoms with van der Waals surface area (Å²) in [6, 6.07) is 10.2. The molecule has 0 saturated carbocycles. The molecule has 0 atom stereocenters. The minimum atomic E-state index is -0.505. The van der Waals surface area contributed by atoms with Crippen LogP contribution in [0.2, 0.25) is 0 Å². The molecule has 2 N–H and O–H groups in total. The number of benzene rings is 1. The smallest absolute Gasteiger partial charge is 0.112 e. The van der Waals surface area contributed by atoms with Crippen LogP contribution in [-0.2, 0) is 17.0 Å². The Morgan fingerprint density at radius 1 is 1.29 bits per heavy atom. The standard InChI is InChI=1S/C13H17N3O/c1-13(2,17-14)12-8-15-16(10-12)9-11-6-4-3-5-7-11/h3-8,10H,9,14H2,1-2H3. The Labute approximate surface area is 101 Å². The number of rotatable bonds is 4. The van der Waals surface area contributed by atoms with Crippen LogP contribution in [-0.4, -0.2) is 9.78 Å². The summed E-state index contributed by atoms with van der Waals surface area (Å²) in [6.07, 6.45) is 3.75. The zero-order chi connectivity index (χ0) is 12.3. The van der Waals surface area contributed by atoms with Gasteiger partial charge in [0.1, 0.15) is 5.60 Å². The first-order valence-corrected chi connectivity index (χ1v) is 5.56. The van der Waals surface area contributed by atoms with Crippen molar-refractivity contribution in [1.29, 1.82) is 0 Å². The molecule has 0 bridgehead atoms. The second-order valence-electron chi connectivity index (χ2n) is 4.54. The largest absolute Gasteiger partial charge is 0.294 e. The van der Waals surface area contributed by atoms with E-state index in [0.29, 0.717) is 0 Å². The van der Waals surface area contributed by atoms with E-state index in [9.17, 15) is 0 Å². The van der Waals surface area contributed by atoms with Crippen molar-refractivity contribution in [1.82, 2.24) is 9.78 Å². The van der Waals surface area contributed by atoms with Crippen LogP contribution in [0, 0.1) is 0 Å². The monoisotopic (exact) mass is 231 g/mol. The first-order valence-electron chi connectivity index (χ1n) is 5.56. The predicted molar refractivity (Wildman–Crippen MR) is 66.1 cm³/mol. The third-order valence-electron chi connectivity index (χ3n) is 2.81. The van der Waals surface area contributed by atoms with Crippen molar-refractivity contribution in [3.8, 4) is 0 Å². The van der Waals surface area contributed by atoms with Crippen molar-refractivity contribution in [3.63, 3.8) is 0 Å². The quantitative estimate of drug-likeness (QED) is 0.819. The Morgan fingerprint density at radius 2 is 2.00 bits per heavy atom. The molecule has 0 aliphatic heterocycles. The van der Waals surface area contributed by atoms with Crippen LogP contribution < -0.4 is 5.90 Å². The van der Waals surface area contributed by atoms with E-state index in [0.717, 1.165) is 12.1 Å². The Kier molecular flexibility index (Phi) is 3.26. The summed E-state index contributed by atoms with van der Waals surface area (Å²) in [5.41, 5.74) is 1.68. The summed E-state index contributed by atoms with van der Waals surface area (Å²) in [6.45, 7) is 4.58. The lowest BCUT2D eigenvalue weighted by molar-refractivity contribution is -0.0236. The molecule has 0 unspecified atom stereocenters. The number of hydrogen-bond donors (Lipinski definition) is 1. The van der Waals surface area contributed by atoms with E-state index >= 15 is 0 Å². The maximum absolute atomic E-state index is 5.26. The zero-order valence-electron chi connectivity index (χ0n) is 10.1. The first kappa shape index (κ1) is 11.8. The minimum absolute atomic E-state index is 0.505. The lowest BCUT2D eigenvalue weighted by atomic mass is 10.0. The second-order valence-corrected chi connectivity index (χ2v) is 4.54. The van der Waals surface area contributed by atoms with Gasteiger partial charge in [0.15, 0.2) is 0 Å². The van der Waals surface area contributed by atoms with Gasteiger partial charge in [-0.3, -0.25) is 9.52 Å². The van der Waals surface area contributed by atoms with E-state index in [4.69, 9.17) is 10.7 Å². The van der Waals surface area contributed by atoms with Crippen LogP contribution in [0.25, 0.3) is 0 Å². The summed E-state index contributed by atoms with van der Waals surface area (Å²) in [5.74, 6) is 5.26. The van der Waals surface area contributed by atoms with Gasteiger partial charge in [-0.15, -0.1) is 0 Å². The van der Waals surface area contributed by atoms with Crippen molar-refractivity contribution in [2.45, 2.75) is 26.0 Å². The Balaban J connectivity index is 2.14. The normalized spacial score (nSPS) is 11.7. The van der Waals surface area contributed by atoms with E-state index in [1.54, 1.807) is 6.20 Å². The molecule has 1 aromatic carbocycles. The van der Waals surface area contributed by atoms with E-state index < -0.39 is 5.60 Å². The number of aromatic nitrogens is 2. The molecule has 0 aliphatic carbocycles. The van der Waals surface area contributed by atoms with E-state index in [1.807, 2.05) is 42.9 Å². The van der Waals surface area contributed by atoms with Crippen LogP contribution in [0.4, 0.5) is 0 Å². The van der Waals surface area contributed by atoms with Crippen LogP contribution in [0.3, 0.4) is 0 Å². The molecule has 90 valence electrons. The lowest BCUT2D eigenvalue weighted by Gasteiger charge is -2.19. The van der Waals surface area contributed by atoms with Crippen molar-refractivity contribution in [2.75, 3.05) is 0 Å². The molecule has 1 aromatic heterocycles. The average Bonchev–Trinajstić information content (AvgIpc) is 2.80. The molecule has 2 rings (SSSR count). The molecule has 4 nitrogen and oxygen atoms in total. The lowest BCUT2D eigenvalue weighted by Crippen LogP contribution is -2.24. The summed E-state index contributed by atoms with van der Waals surface area (Å²) >= 11 is 0. The minimum Gasteiger partial charge on any atom is -0.294 e. The average molecular weight is 231 g/mol. The molecule has 0 spiro atoms. The van der Waals surface area contributed by atoms with Crippen LogP contribution >= 0.6 is 0 Å². The topological polar surface area (TPSA) is 53.1 Å². The van der Waals surface area contributed by atoms with Crippen molar-refractivity contribution in [3.05, 3.63) is 53.9 Å².